The lowest BCUT2D eigenvalue weighted by atomic mass is 9.96. The highest BCUT2D eigenvalue weighted by atomic mass is 16.5. The Morgan fingerprint density at radius 1 is 1.44 bits per heavy atom. The van der Waals surface area contributed by atoms with Gasteiger partial charge in [-0.25, -0.2) is 4.79 Å². The number of aryl methyl sites for hydroxylation is 1. The number of nitrogens with one attached hydrogen (secondary N) is 1. The standard InChI is InChI=1S/C13H19NO4/c1-5-8-13(3,12(16)17-4)14-11(15)10-7-6-9(2)18-10/h6-7H,5,8H2,1-4H3,(H,14,15). The number of carbonyl (C=O) groups is 2. The van der Waals surface area contributed by atoms with E-state index in [4.69, 9.17) is 9.15 Å². The van der Waals surface area contributed by atoms with Crippen molar-refractivity contribution in [3.05, 3.63) is 23.7 Å². The van der Waals surface area contributed by atoms with E-state index < -0.39 is 17.4 Å². The highest BCUT2D eigenvalue weighted by molar-refractivity contribution is 5.96. The Hall–Kier alpha value is -1.78. The lowest BCUT2D eigenvalue weighted by molar-refractivity contribution is -0.147. The number of furan rings is 1. The Morgan fingerprint density at radius 3 is 2.56 bits per heavy atom. The van der Waals surface area contributed by atoms with Gasteiger partial charge in [-0.15, -0.1) is 0 Å². The molecule has 1 N–H and O–H groups in total. The summed E-state index contributed by atoms with van der Waals surface area (Å²) in [6.07, 6.45) is 1.26. The fraction of sp³-hybridized carbons (Fsp3) is 0.538. The molecule has 1 aromatic rings. The topological polar surface area (TPSA) is 68.5 Å². The van der Waals surface area contributed by atoms with Gasteiger partial charge in [0.2, 0.25) is 0 Å². The summed E-state index contributed by atoms with van der Waals surface area (Å²) in [5.74, 6) is -0.0282. The molecule has 0 saturated carbocycles. The first kappa shape index (κ1) is 14.3. The van der Waals surface area contributed by atoms with Gasteiger partial charge in [0.1, 0.15) is 11.3 Å². The molecule has 0 aliphatic carbocycles. The summed E-state index contributed by atoms with van der Waals surface area (Å²) in [4.78, 5) is 23.7. The number of carbonyl (C=O) groups excluding carboxylic acids is 2. The van der Waals surface area contributed by atoms with Gasteiger partial charge in [0.25, 0.3) is 5.91 Å². The van der Waals surface area contributed by atoms with E-state index in [0.717, 1.165) is 6.42 Å². The van der Waals surface area contributed by atoms with Gasteiger partial charge in [-0.2, -0.15) is 0 Å². The first-order chi connectivity index (χ1) is 8.42. The molecule has 1 heterocycles. The summed E-state index contributed by atoms with van der Waals surface area (Å²) in [6, 6.07) is 3.28. The van der Waals surface area contributed by atoms with Gasteiger partial charge in [0.05, 0.1) is 7.11 Å². The van der Waals surface area contributed by atoms with E-state index in [1.54, 1.807) is 26.0 Å². The smallest absolute Gasteiger partial charge is 0.331 e. The average molecular weight is 253 g/mol. The summed E-state index contributed by atoms with van der Waals surface area (Å²) in [7, 11) is 1.30. The maximum Gasteiger partial charge on any atom is 0.331 e. The van der Waals surface area contributed by atoms with Gasteiger partial charge in [0.15, 0.2) is 5.76 Å². The van der Waals surface area contributed by atoms with E-state index in [2.05, 4.69) is 5.32 Å². The minimum Gasteiger partial charge on any atom is -0.467 e. The molecule has 0 aliphatic heterocycles. The molecule has 100 valence electrons. The number of hydrogen-bond donors (Lipinski definition) is 1. The molecule has 1 rings (SSSR count). The van der Waals surface area contributed by atoms with Gasteiger partial charge < -0.3 is 14.5 Å². The SMILES string of the molecule is CCCC(C)(NC(=O)c1ccc(C)o1)C(=O)OC. The zero-order valence-corrected chi connectivity index (χ0v) is 11.2. The van der Waals surface area contributed by atoms with Gasteiger partial charge in [0, 0.05) is 0 Å². The summed E-state index contributed by atoms with van der Waals surface area (Å²) in [5.41, 5.74) is -1.03. The number of ether oxygens (including phenoxy) is 1. The number of amides is 1. The van der Waals surface area contributed by atoms with Crippen LogP contribution in [0.15, 0.2) is 16.5 Å². The van der Waals surface area contributed by atoms with Gasteiger partial charge in [-0.3, -0.25) is 4.79 Å². The molecule has 1 aromatic heterocycles. The van der Waals surface area contributed by atoms with Crippen LogP contribution in [0.2, 0.25) is 0 Å². The quantitative estimate of drug-likeness (QED) is 0.815. The van der Waals surface area contributed by atoms with Crippen molar-refractivity contribution in [2.45, 2.75) is 39.2 Å². The molecule has 18 heavy (non-hydrogen) atoms. The van der Waals surface area contributed by atoms with Crippen molar-refractivity contribution in [3.8, 4) is 0 Å². The van der Waals surface area contributed by atoms with Crippen molar-refractivity contribution in [3.63, 3.8) is 0 Å². The maximum absolute atomic E-state index is 12.0. The van der Waals surface area contributed by atoms with Crippen LogP contribution < -0.4 is 5.32 Å². The predicted molar refractivity (Wildman–Crippen MR) is 66.2 cm³/mol. The summed E-state index contributed by atoms with van der Waals surface area (Å²) in [5, 5.41) is 2.67. The molecule has 0 spiro atoms. The summed E-state index contributed by atoms with van der Waals surface area (Å²) in [6.45, 7) is 5.34. The first-order valence-electron chi connectivity index (χ1n) is 5.90. The van der Waals surface area contributed by atoms with E-state index in [1.807, 2.05) is 6.92 Å². The Kier molecular flexibility index (Phi) is 4.53. The van der Waals surface area contributed by atoms with Crippen LogP contribution in [0.5, 0.6) is 0 Å². The lowest BCUT2D eigenvalue weighted by Gasteiger charge is -2.26. The molecule has 1 amide bonds. The molecule has 1 unspecified atom stereocenters. The molecular formula is C13H19NO4. The Balaban J connectivity index is 2.84. The average Bonchev–Trinajstić information content (AvgIpc) is 2.75. The van der Waals surface area contributed by atoms with Crippen molar-refractivity contribution in [2.75, 3.05) is 7.11 Å². The predicted octanol–water partition coefficient (Wildman–Crippen LogP) is 2.05. The molecule has 5 heteroatoms. The normalized spacial score (nSPS) is 13.8. The van der Waals surface area contributed by atoms with Crippen LogP contribution in [0, 0.1) is 6.92 Å². The van der Waals surface area contributed by atoms with Crippen molar-refractivity contribution in [1.29, 1.82) is 0 Å². The van der Waals surface area contributed by atoms with Crippen LogP contribution in [-0.4, -0.2) is 24.5 Å². The van der Waals surface area contributed by atoms with Crippen molar-refractivity contribution >= 4 is 11.9 Å². The van der Waals surface area contributed by atoms with Gasteiger partial charge in [-0.05, 0) is 32.4 Å². The zero-order valence-electron chi connectivity index (χ0n) is 11.2. The van der Waals surface area contributed by atoms with Crippen molar-refractivity contribution < 1.29 is 18.7 Å². The van der Waals surface area contributed by atoms with Crippen LogP contribution in [0.25, 0.3) is 0 Å². The van der Waals surface area contributed by atoms with Crippen molar-refractivity contribution in [1.82, 2.24) is 5.32 Å². The highest BCUT2D eigenvalue weighted by Crippen LogP contribution is 2.16. The molecule has 1 atom stereocenters. The van der Waals surface area contributed by atoms with Crippen LogP contribution in [0.3, 0.4) is 0 Å². The maximum atomic E-state index is 12.0. The fourth-order valence-corrected chi connectivity index (χ4v) is 1.81. The number of esters is 1. The molecule has 0 fully saturated rings. The molecule has 0 bridgehead atoms. The third-order valence-electron chi connectivity index (χ3n) is 2.74. The van der Waals surface area contributed by atoms with Crippen molar-refractivity contribution in [2.24, 2.45) is 0 Å². The monoisotopic (exact) mass is 253 g/mol. The minimum absolute atomic E-state index is 0.193. The summed E-state index contributed by atoms with van der Waals surface area (Å²) >= 11 is 0. The van der Waals surface area contributed by atoms with E-state index in [1.165, 1.54) is 7.11 Å². The Morgan fingerprint density at radius 2 is 2.11 bits per heavy atom. The van der Waals surface area contributed by atoms with E-state index in [-0.39, 0.29) is 5.76 Å². The number of hydrogen-bond acceptors (Lipinski definition) is 4. The van der Waals surface area contributed by atoms with Gasteiger partial charge >= 0.3 is 5.97 Å². The number of methoxy groups -OCH3 is 1. The van der Waals surface area contributed by atoms with Crippen LogP contribution >= 0.6 is 0 Å². The fourth-order valence-electron chi connectivity index (χ4n) is 1.81. The molecule has 5 nitrogen and oxygen atoms in total. The largest absolute Gasteiger partial charge is 0.467 e. The van der Waals surface area contributed by atoms with Crippen LogP contribution in [0.1, 0.15) is 43.0 Å². The molecule has 0 aliphatic rings. The van der Waals surface area contributed by atoms with E-state index >= 15 is 0 Å². The Bertz CT molecular complexity index is 438. The minimum atomic E-state index is -1.03. The Labute approximate surface area is 106 Å². The third-order valence-corrected chi connectivity index (χ3v) is 2.74. The van der Waals surface area contributed by atoms with Gasteiger partial charge in [-0.1, -0.05) is 13.3 Å². The second-order valence-corrected chi connectivity index (χ2v) is 4.44. The lowest BCUT2D eigenvalue weighted by Crippen LogP contribution is -2.52. The molecule has 0 aromatic carbocycles. The second kappa shape index (κ2) is 5.71. The first-order valence-corrected chi connectivity index (χ1v) is 5.90. The highest BCUT2D eigenvalue weighted by Gasteiger charge is 2.35. The summed E-state index contributed by atoms with van der Waals surface area (Å²) < 4.78 is 9.94. The van der Waals surface area contributed by atoms with Crippen LogP contribution in [0.4, 0.5) is 0 Å². The second-order valence-electron chi connectivity index (χ2n) is 4.44. The molecular weight excluding hydrogens is 234 g/mol. The van der Waals surface area contributed by atoms with Crippen LogP contribution in [-0.2, 0) is 9.53 Å². The van der Waals surface area contributed by atoms with E-state index in [0.29, 0.717) is 12.2 Å². The molecule has 0 radical (unpaired) electrons. The molecule has 0 saturated heterocycles. The zero-order chi connectivity index (χ0) is 13.8. The van der Waals surface area contributed by atoms with E-state index in [9.17, 15) is 9.59 Å². The third kappa shape index (κ3) is 3.12. The number of rotatable bonds is 5.